The van der Waals surface area contributed by atoms with E-state index in [4.69, 9.17) is 5.11 Å². The summed E-state index contributed by atoms with van der Waals surface area (Å²) in [5, 5.41) is 8.75. The van der Waals surface area contributed by atoms with Gasteiger partial charge in [0, 0.05) is 10.6 Å². The van der Waals surface area contributed by atoms with Gasteiger partial charge in [0.05, 0.1) is 5.37 Å². The number of thioether (sulfide) groups is 1. The molecule has 1 N–H and O–H groups in total. The lowest BCUT2D eigenvalue weighted by Gasteiger charge is -2.23. The minimum atomic E-state index is -3.71. The van der Waals surface area contributed by atoms with Crippen molar-refractivity contribution in [3.8, 4) is 0 Å². The normalized spacial score (nSPS) is 25.4. The third-order valence-electron chi connectivity index (χ3n) is 2.69. The number of aryl methyl sites for hydroxylation is 1. The van der Waals surface area contributed by atoms with Gasteiger partial charge in [-0.05, 0) is 26.0 Å². The van der Waals surface area contributed by atoms with Gasteiger partial charge in [-0.2, -0.15) is 4.31 Å². The van der Waals surface area contributed by atoms with E-state index in [1.54, 1.807) is 13.0 Å². The van der Waals surface area contributed by atoms with Crippen LogP contribution >= 0.6 is 23.1 Å². The van der Waals surface area contributed by atoms with E-state index in [-0.39, 0.29) is 9.58 Å². The maximum Gasteiger partial charge on any atom is 0.322 e. The smallest absolute Gasteiger partial charge is 0.322 e. The van der Waals surface area contributed by atoms with Crippen LogP contribution in [-0.2, 0) is 14.8 Å². The lowest BCUT2D eigenvalue weighted by molar-refractivity contribution is -0.140. The first kappa shape index (κ1) is 13.9. The van der Waals surface area contributed by atoms with Crippen molar-refractivity contribution in [2.75, 3.05) is 5.75 Å². The maximum absolute atomic E-state index is 12.4. The predicted octanol–water partition coefficient (Wildman–Crippen LogP) is 1.59. The molecule has 2 rings (SSSR count). The van der Waals surface area contributed by atoms with E-state index in [9.17, 15) is 13.2 Å². The Labute approximate surface area is 114 Å². The van der Waals surface area contributed by atoms with Gasteiger partial charge in [0.1, 0.15) is 10.3 Å². The molecule has 0 radical (unpaired) electrons. The summed E-state index contributed by atoms with van der Waals surface area (Å²) in [6.07, 6.45) is 0. The Morgan fingerprint density at radius 2 is 2.17 bits per heavy atom. The highest BCUT2D eigenvalue weighted by Crippen LogP contribution is 2.36. The fourth-order valence-electron chi connectivity index (χ4n) is 1.83. The molecule has 2 heterocycles. The number of hydrogen-bond acceptors (Lipinski definition) is 5. The van der Waals surface area contributed by atoms with Gasteiger partial charge in [0.25, 0.3) is 10.0 Å². The first-order chi connectivity index (χ1) is 8.34. The molecule has 2 atom stereocenters. The summed E-state index contributed by atoms with van der Waals surface area (Å²) in [5.74, 6) is -0.802. The van der Waals surface area contributed by atoms with Crippen molar-refractivity contribution in [2.24, 2.45) is 0 Å². The maximum atomic E-state index is 12.4. The summed E-state index contributed by atoms with van der Waals surface area (Å²) in [5.41, 5.74) is 0. The first-order valence-corrected chi connectivity index (χ1v) is 8.59. The molecule has 0 amide bonds. The van der Waals surface area contributed by atoms with Crippen LogP contribution < -0.4 is 0 Å². The number of carbonyl (C=O) groups is 1. The predicted molar refractivity (Wildman–Crippen MR) is 71.4 cm³/mol. The Balaban J connectivity index is 2.42. The van der Waals surface area contributed by atoms with Gasteiger partial charge >= 0.3 is 5.97 Å². The third-order valence-corrected chi connectivity index (χ3v) is 7.49. The van der Waals surface area contributed by atoms with Crippen molar-refractivity contribution in [3.63, 3.8) is 0 Å². The molecule has 8 heteroatoms. The van der Waals surface area contributed by atoms with Crippen LogP contribution in [-0.4, -0.2) is 41.0 Å². The molecule has 2 unspecified atom stereocenters. The quantitative estimate of drug-likeness (QED) is 0.918. The Bertz CT molecular complexity index is 565. The molecule has 1 fully saturated rings. The van der Waals surface area contributed by atoms with Gasteiger partial charge in [-0.25, -0.2) is 8.42 Å². The number of sulfonamides is 1. The molecule has 5 nitrogen and oxygen atoms in total. The summed E-state index contributed by atoms with van der Waals surface area (Å²) < 4.78 is 26.2. The van der Waals surface area contributed by atoms with E-state index in [0.717, 1.165) is 9.18 Å². The van der Waals surface area contributed by atoms with E-state index in [1.165, 1.54) is 29.2 Å². The minimum Gasteiger partial charge on any atom is -0.480 e. The van der Waals surface area contributed by atoms with Crippen LogP contribution in [0.25, 0.3) is 0 Å². The van der Waals surface area contributed by atoms with E-state index >= 15 is 0 Å². The molecule has 0 spiro atoms. The summed E-state index contributed by atoms with van der Waals surface area (Å²) >= 11 is 2.51. The fourth-order valence-corrected chi connectivity index (χ4v) is 6.50. The fraction of sp³-hybridized carbons (Fsp3) is 0.500. The van der Waals surface area contributed by atoms with Crippen molar-refractivity contribution >= 4 is 39.1 Å². The zero-order valence-corrected chi connectivity index (χ0v) is 12.3. The number of hydrogen-bond donors (Lipinski definition) is 1. The Hall–Kier alpha value is -0.570. The van der Waals surface area contributed by atoms with Crippen molar-refractivity contribution < 1.29 is 18.3 Å². The van der Waals surface area contributed by atoms with Gasteiger partial charge in [0.2, 0.25) is 0 Å². The second-order valence-electron chi connectivity index (χ2n) is 3.99. The number of carboxylic acids is 1. The Kier molecular flexibility index (Phi) is 3.72. The van der Waals surface area contributed by atoms with E-state index < -0.39 is 22.0 Å². The first-order valence-electron chi connectivity index (χ1n) is 5.28. The zero-order valence-electron chi connectivity index (χ0n) is 9.86. The van der Waals surface area contributed by atoms with E-state index in [2.05, 4.69) is 0 Å². The Morgan fingerprint density at radius 1 is 1.50 bits per heavy atom. The van der Waals surface area contributed by atoms with Crippen LogP contribution in [0.15, 0.2) is 16.3 Å². The van der Waals surface area contributed by atoms with Gasteiger partial charge in [0.15, 0.2) is 0 Å². The minimum absolute atomic E-state index is 0.209. The monoisotopic (exact) mass is 307 g/mol. The highest BCUT2D eigenvalue weighted by atomic mass is 32.2. The lowest BCUT2D eigenvalue weighted by atomic mass is 10.3. The van der Waals surface area contributed by atoms with Crippen LogP contribution in [0.4, 0.5) is 0 Å². The molecule has 1 aromatic rings. The number of rotatable bonds is 3. The standard InChI is InChI=1S/C10H13NO4S3/c1-6-3-4-9(17-6)18(14,15)11-7(2)16-5-8(11)10(12)13/h3-4,7-8H,5H2,1-2H3,(H,12,13). The number of nitrogens with zero attached hydrogens (tertiary/aromatic N) is 1. The second-order valence-corrected chi connectivity index (χ2v) is 8.69. The average molecular weight is 307 g/mol. The van der Waals surface area contributed by atoms with Crippen molar-refractivity contribution in [3.05, 3.63) is 17.0 Å². The molecule has 1 aliphatic rings. The number of carboxylic acid groups (broad SMARTS) is 1. The lowest BCUT2D eigenvalue weighted by Crippen LogP contribution is -2.44. The van der Waals surface area contributed by atoms with Crippen LogP contribution in [0, 0.1) is 6.92 Å². The molecule has 0 saturated carbocycles. The third kappa shape index (κ3) is 2.29. The van der Waals surface area contributed by atoms with Gasteiger partial charge < -0.3 is 5.11 Å². The molecule has 1 saturated heterocycles. The highest BCUT2D eigenvalue weighted by Gasteiger charge is 2.44. The van der Waals surface area contributed by atoms with Crippen LogP contribution in [0.2, 0.25) is 0 Å². The number of thiophene rings is 1. The SMILES string of the molecule is Cc1ccc(S(=O)(=O)N2C(C)SCC2C(=O)O)s1. The number of aliphatic carboxylic acids is 1. The summed E-state index contributed by atoms with van der Waals surface area (Å²) in [6.45, 7) is 3.53. The van der Waals surface area contributed by atoms with Crippen LogP contribution in [0.1, 0.15) is 11.8 Å². The van der Waals surface area contributed by atoms with E-state index in [0.29, 0.717) is 5.75 Å². The molecule has 0 aliphatic carbocycles. The molecule has 18 heavy (non-hydrogen) atoms. The van der Waals surface area contributed by atoms with Gasteiger partial charge in [-0.3, -0.25) is 4.79 Å². The molecule has 0 bridgehead atoms. The summed E-state index contributed by atoms with van der Waals surface area (Å²) in [6, 6.07) is 2.28. The van der Waals surface area contributed by atoms with Crippen LogP contribution in [0.5, 0.6) is 0 Å². The average Bonchev–Trinajstić information content (AvgIpc) is 2.84. The van der Waals surface area contributed by atoms with Crippen LogP contribution in [0.3, 0.4) is 0 Å². The molecule has 1 aromatic heterocycles. The summed E-state index contributed by atoms with van der Waals surface area (Å²) in [4.78, 5) is 12.0. The van der Waals surface area contributed by atoms with Crippen molar-refractivity contribution in [1.82, 2.24) is 4.31 Å². The molecule has 0 aromatic carbocycles. The summed E-state index contributed by atoms with van der Waals surface area (Å²) in [7, 11) is -3.71. The van der Waals surface area contributed by atoms with Crippen molar-refractivity contribution in [1.29, 1.82) is 0 Å². The highest BCUT2D eigenvalue weighted by molar-refractivity contribution is 8.01. The van der Waals surface area contributed by atoms with Gasteiger partial charge in [-0.15, -0.1) is 23.1 Å². The molecule has 100 valence electrons. The largest absolute Gasteiger partial charge is 0.480 e. The van der Waals surface area contributed by atoms with E-state index in [1.807, 2.05) is 6.92 Å². The van der Waals surface area contributed by atoms with Gasteiger partial charge in [-0.1, -0.05) is 0 Å². The molecular formula is C10H13NO4S3. The zero-order chi connectivity index (χ0) is 13.5. The topological polar surface area (TPSA) is 74.7 Å². The molecular weight excluding hydrogens is 294 g/mol. The van der Waals surface area contributed by atoms with Crippen molar-refractivity contribution in [2.45, 2.75) is 29.5 Å². The second kappa shape index (κ2) is 4.84. The Morgan fingerprint density at radius 3 is 2.67 bits per heavy atom. The molecule has 1 aliphatic heterocycles.